The minimum absolute atomic E-state index is 0.144. The molecule has 0 fully saturated rings. The molecular weight excluding hydrogens is 461 g/mol. The molecule has 2 aromatic rings. The Balaban J connectivity index is 2.42. The van der Waals surface area contributed by atoms with Crippen LogP contribution in [0.2, 0.25) is 5.02 Å². The number of nitrogens with one attached hydrogen (secondary N) is 1. The quantitative estimate of drug-likeness (QED) is 0.588. The zero-order valence-corrected chi connectivity index (χ0v) is 19.7. The maximum absolute atomic E-state index is 14.2. The number of anilines is 1. The van der Waals surface area contributed by atoms with Gasteiger partial charge >= 0.3 is 0 Å². The molecule has 0 spiro atoms. The second kappa shape index (κ2) is 10.6. The number of rotatable bonds is 9. The van der Waals surface area contributed by atoms with Gasteiger partial charge in [-0.15, -0.1) is 0 Å². The number of halogens is 2. The van der Waals surface area contributed by atoms with Crippen molar-refractivity contribution in [2.75, 3.05) is 31.3 Å². The molecular formula is C21H25ClFN3O5S. The van der Waals surface area contributed by atoms with Crippen molar-refractivity contribution in [3.63, 3.8) is 0 Å². The van der Waals surface area contributed by atoms with Gasteiger partial charge in [-0.3, -0.25) is 13.9 Å². The number of methoxy groups -OCH3 is 1. The molecule has 0 saturated heterocycles. The summed E-state index contributed by atoms with van der Waals surface area (Å²) >= 11 is 6.12. The van der Waals surface area contributed by atoms with Crippen LogP contribution in [0.1, 0.15) is 12.5 Å². The van der Waals surface area contributed by atoms with Gasteiger partial charge in [0.2, 0.25) is 21.8 Å². The Bertz CT molecular complexity index is 1100. The highest BCUT2D eigenvalue weighted by molar-refractivity contribution is 7.92. The highest BCUT2D eigenvalue weighted by Crippen LogP contribution is 2.30. The van der Waals surface area contributed by atoms with E-state index in [-0.39, 0.29) is 22.8 Å². The molecule has 0 aliphatic rings. The van der Waals surface area contributed by atoms with E-state index in [2.05, 4.69) is 5.32 Å². The third-order valence-corrected chi connectivity index (χ3v) is 6.25. The van der Waals surface area contributed by atoms with Gasteiger partial charge in [0, 0.05) is 19.2 Å². The number of nitrogens with zero attached hydrogens (tertiary/aromatic N) is 2. The maximum Gasteiger partial charge on any atom is 0.244 e. The third kappa shape index (κ3) is 6.10. The van der Waals surface area contributed by atoms with Crippen molar-refractivity contribution in [3.05, 3.63) is 58.9 Å². The maximum atomic E-state index is 14.2. The number of likely N-dealkylation sites (N-methyl/N-ethyl adjacent to an activating group) is 1. The fraction of sp³-hybridized carbons (Fsp3) is 0.333. The number of ether oxygens (including phenoxy) is 1. The number of amides is 2. The predicted molar refractivity (Wildman–Crippen MR) is 121 cm³/mol. The molecule has 2 rings (SSSR count). The minimum Gasteiger partial charge on any atom is -0.495 e. The molecule has 0 aliphatic heterocycles. The zero-order valence-electron chi connectivity index (χ0n) is 18.1. The number of hydrogen-bond acceptors (Lipinski definition) is 5. The van der Waals surface area contributed by atoms with Crippen LogP contribution in [0.25, 0.3) is 0 Å². The molecule has 2 aromatic carbocycles. The average molecular weight is 486 g/mol. The minimum atomic E-state index is -3.90. The second-order valence-electron chi connectivity index (χ2n) is 6.99. The molecule has 1 N–H and O–H groups in total. The van der Waals surface area contributed by atoms with Gasteiger partial charge in [0.15, 0.2) is 0 Å². The lowest BCUT2D eigenvalue weighted by Crippen LogP contribution is -2.50. The van der Waals surface area contributed by atoms with Crippen LogP contribution in [0.4, 0.5) is 10.1 Å². The van der Waals surface area contributed by atoms with Gasteiger partial charge in [-0.25, -0.2) is 12.8 Å². The molecule has 174 valence electrons. The summed E-state index contributed by atoms with van der Waals surface area (Å²) in [7, 11) is -1.08. The Morgan fingerprint density at radius 1 is 1.22 bits per heavy atom. The second-order valence-corrected chi connectivity index (χ2v) is 9.31. The molecule has 0 unspecified atom stereocenters. The first-order valence-corrected chi connectivity index (χ1v) is 11.8. The summed E-state index contributed by atoms with van der Waals surface area (Å²) in [5.74, 6) is -1.38. The molecule has 0 heterocycles. The van der Waals surface area contributed by atoms with Crippen LogP contribution in [0.5, 0.6) is 5.75 Å². The Kier molecular flexibility index (Phi) is 8.45. The van der Waals surface area contributed by atoms with Crippen molar-refractivity contribution in [1.82, 2.24) is 10.2 Å². The smallest absolute Gasteiger partial charge is 0.244 e. The molecule has 0 aromatic heterocycles. The first-order valence-electron chi connectivity index (χ1n) is 9.55. The highest BCUT2D eigenvalue weighted by atomic mass is 35.5. The van der Waals surface area contributed by atoms with Crippen LogP contribution < -0.4 is 14.4 Å². The van der Waals surface area contributed by atoms with Crippen molar-refractivity contribution in [1.29, 1.82) is 0 Å². The Morgan fingerprint density at radius 2 is 1.88 bits per heavy atom. The van der Waals surface area contributed by atoms with Crippen LogP contribution in [0.15, 0.2) is 42.5 Å². The number of carbonyl (C=O) groups excluding carboxylic acids is 2. The lowest BCUT2D eigenvalue weighted by atomic mass is 10.1. The third-order valence-electron chi connectivity index (χ3n) is 4.81. The van der Waals surface area contributed by atoms with E-state index in [1.165, 1.54) is 57.5 Å². The SMILES string of the molecule is CNC(=O)[C@H](C)N(Cc1ccccc1F)C(=O)CN(c1ccc(OC)c(Cl)c1)S(C)(=O)=O. The fourth-order valence-electron chi connectivity index (χ4n) is 3.03. The highest BCUT2D eigenvalue weighted by Gasteiger charge is 2.30. The van der Waals surface area contributed by atoms with E-state index in [9.17, 15) is 22.4 Å². The molecule has 0 bridgehead atoms. The summed E-state index contributed by atoms with van der Waals surface area (Å²) < 4.78 is 45.1. The predicted octanol–water partition coefficient (Wildman–Crippen LogP) is 2.42. The first-order chi connectivity index (χ1) is 15.0. The van der Waals surface area contributed by atoms with Gasteiger partial charge < -0.3 is 15.0 Å². The summed E-state index contributed by atoms with van der Waals surface area (Å²) in [5.41, 5.74) is 0.333. The van der Waals surface area contributed by atoms with E-state index in [0.29, 0.717) is 5.75 Å². The number of sulfonamides is 1. The van der Waals surface area contributed by atoms with Gasteiger partial charge in [-0.1, -0.05) is 29.8 Å². The van der Waals surface area contributed by atoms with Crippen molar-refractivity contribution in [3.8, 4) is 5.75 Å². The summed E-state index contributed by atoms with van der Waals surface area (Å²) in [6.07, 6.45) is 0.946. The molecule has 8 nitrogen and oxygen atoms in total. The molecule has 0 saturated carbocycles. The summed E-state index contributed by atoms with van der Waals surface area (Å²) in [6.45, 7) is 0.644. The summed E-state index contributed by atoms with van der Waals surface area (Å²) in [6, 6.07) is 9.15. The fourth-order valence-corrected chi connectivity index (χ4v) is 4.12. The van der Waals surface area contributed by atoms with Crippen LogP contribution in [0, 0.1) is 5.82 Å². The van der Waals surface area contributed by atoms with Crippen molar-refractivity contribution in [2.24, 2.45) is 0 Å². The molecule has 0 radical (unpaired) electrons. The van der Waals surface area contributed by atoms with Gasteiger partial charge in [-0.05, 0) is 31.2 Å². The molecule has 0 aliphatic carbocycles. The monoisotopic (exact) mass is 485 g/mol. The van der Waals surface area contributed by atoms with E-state index in [1.807, 2.05) is 0 Å². The van der Waals surface area contributed by atoms with E-state index in [4.69, 9.17) is 16.3 Å². The Hall–Kier alpha value is -2.85. The van der Waals surface area contributed by atoms with E-state index in [1.54, 1.807) is 6.07 Å². The van der Waals surface area contributed by atoms with Crippen molar-refractivity contribution < 1.29 is 27.1 Å². The molecule has 11 heteroatoms. The molecule has 1 atom stereocenters. The lowest BCUT2D eigenvalue weighted by molar-refractivity contribution is -0.139. The zero-order chi connectivity index (χ0) is 24.1. The Morgan fingerprint density at radius 3 is 2.41 bits per heavy atom. The van der Waals surface area contributed by atoms with Crippen LogP contribution in [-0.2, 0) is 26.2 Å². The van der Waals surface area contributed by atoms with Gasteiger partial charge in [0.1, 0.15) is 24.2 Å². The topological polar surface area (TPSA) is 96.0 Å². The van der Waals surface area contributed by atoms with E-state index >= 15 is 0 Å². The number of carbonyl (C=O) groups is 2. The van der Waals surface area contributed by atoms with Crippen molar-refractivity contribution >= 4 is 39.1 Å². The number of hydrogen-bond donors (Lipinski definition) is 1. The van der Waals surface area contributed by atoms with Gasteiger partial charge in [0.25, 0.3) is 0 Å². The Labute approximate surface area is 192 Å². The largest absolute Gasteiger partial charge is 0.495 e. The molecule has 32 heavy (non-hydrogen) atoms. The lowest BCUT2D eigenvalue weighted by Gasteiger charge is -2.31. The van der Waals surface area contributed by atoms with Crippen LogP contribution in [0.3, 0.4) is 0 Å². The summed E-state index contributed by atoms with van der Waals surface area (Å²) in [4.78, 5) is 26.6. The normalized spacial score (nSPS) is 12.1. The molecule has 2 amide bonds. The standard InChI is InChI=1S/C21H25ClFN3O5S/c1-14(21(28)24-2)25(12-15-7-5-6-8-18(15)23)20(27)13-26(32(4,29)30)16-9-10-19(31-3)17(22)11-16/h5-11,14H,12-13H2,1-4H3,(H,24,28)/t14-/m0/s1. The van der Waals surface area contributed by atoms with Crippen LogP contribution in [-0.4, -0.2) is 58.1 Å². The van der Waals surface area contributed by atoms with E-state index in [0.717, 1.165) is 15.5 Å². The van der Waals surface area contributed by atoms with Crippen molar-refractivity contribution in [2.45, 2.75) is 19.5 Å². The first kappa shape index (κ1) is 25.4. The number of benzene rings is 2. The average Bonchev–Trinajstić information content (AvgIpc) is 2.74. The van der Waals surface area contributed by atoms with E-state index < -0.39 is 40.2 Å². The van der Waals surface area contributed by atoms with Gasteiger partial charge in [0.05, 0.1) is 24.1 Å². The van der Waals surface area contributed by atoms with Crippen LogP contribution >= 0.6 is 11.6 Å². The van der Waals surface area contributed by atoms with Gasteiger partial charge in [-0.2, -0.15) is 0 Å². The summed E-state index contributed by atoms with van der Waals surface area (Å²) in [5, 5.41) is 2.61.